The highest BCUT2D eigenvalue weighted by atomic mass is 79.9. The number of nitrogens with zero attached hydrogens (tertiary/aromatic N) is 1. The maximum Gasteiger partial charge on any atom is 0.0903 e. The van der Waals surface area contributed by atoms with E-state index in [0.717, 1.165) is 24.1 Å². The van der Waals surface area contributed by atoms with E-state index in [1.165, 1.54) is 5.56 Å². The second-order valence-electron chi connectivity index (χ2n) is 4.43. The largest absolute Gasteiger partial charge is 0.376 e. The molecular formula is C12H16BrNO. The molecule has 0 radical (unpaired) electrons. The Morgan fingerprint density at radius 2 is 1.93 bits per heavy atom. The van der Waals surface area contributed by atoms with Crippen LogP contribution in [0, 0.1) is 0 Å². The Bertz CT molecular complexity index is 330. The summed E-state index contributed by atoms with van der Waals surface area (Å²) in [6, 6.07) is 8.49. The Kier molecular flexibility index (Phi) is 3.14. The summed E-state index contributed by atoms with van der Waals surface area (Å²) in [7, 11) is 1.79. The Hall–Kier alpha value is -0.380. The second-order valence-corrected chi connectivity index (χ2v) is 5.34. The molecule has 1 fully saturated rings. The molecule has 1 aromatic rings. The minimum atomic E-state index is 0.0787. The lowest BCUT2D eigenvalue weighted by Crippen LogP contribution is -2.60. The Morgan fingerprint density at radius 1 is 1.33 bits per heavy atom. The van der Waals surface area contributed by atoms with Crippen molar-refractivity contribution in [3.05, 3.63) is 34.3 Å². The van der Waals surface area contributed by atoms with Gasteiger partial charge in [0.2, 0.25) is 0 Å². The number of likely N-dealkylation sites (tertiary alicyclic amines) is 1. The molecule has 2 nitrogen and oxygen atoms in total. The van der Waals surface area contributed by atoms with Gasteiger partial charge in [0.05, 0.1) is 5.60 Å². The molecule has 2 rings (SSSR count). The molecule has 1 aliphatic rings. The molecule has 0 spiro atoms. The minimum Gasteiger partial charge on any atom is -0.376 e. The van der Waals surface area contributed by atoms with E-state index >= 15 is 0 Å². The summed E-state index contributed by atoms with van der Waals surface area (Å²) in [6.07, 6.45) is 0. The highest BCUT2D eigenvalue weighted by Gasteiger charge is 2.38. The molecule has 0 amide bonds. The smallest absolute Gasteiger partial charge is 0.0903 e. The van der Waals surface area contributed by atoms with E-state index in [1.54, 1.807) is 7.11 Å². The van der Waals surface area contributed by atoms with Crippen molar-refractivity contribution >= 4 is 15.9 Å². The maximum absolute atomic E-state index is 5.41. The molecule has 0 bridgehead atoms. The van der Waals surface area contributed by atoms with E-state index in [1.807, 2.05) is 0 Å². The molecule has 1 heterocycles. The Balaban J connectivity index is 1.87. The highest BCUT2D eigenvalue weighted by molar-refractivity contribution is 9.10. The average Bonchev–Trinajstić information content (AvgIpc) is 2.19. The van der Waals surface area contributed by atoms with Crippen LogP contribution in [0.1, 0.15) is 12.5 Å². The van der Waals surface area contributed by atoms with Gasteiger partial charge in [0.1, 0.15) is 0 Å². The fourth-order valence-corrected chi connectivity index (χ4v) is 2.25. The first-order chi connectivity index (χ1) is 7.11. The van der Waals surface area contributed by atoms with E-state index < -0.39 is 0 Å². The lowest BCUT2D eigenvalue weighted by molar-refractivity contribution is -0.114. The third kappa shape index (κ3) is 2.60. The van der Waals surface area contributed by atoms with Crippen LogP contribution in [0.2, 0.25) is 0 Å². The Morgan fingerprint density at radius 3 is 2.47 bits per heavy atom. The molecule has 0 atom stereocenters. The average molecular weight is 270 g/mol. The molecule has 0 aliphatic carbocycles. The first-order valence-corrected chi connectivity index (χ1v) is 5.93. The summed E-state index contributed by atoms with van der Waals surface area (Å²) in [4.78, 5) is 2.40. The number of rotatable bonds is 3. The van der Waals surface area contributed by atoms with Crippen molar-refractivity contribution in [3.8, 4) is 0 Å². The van der Waals surface area contributed by atoms with Gasteiger partial charge in [0, 0.05) is 31.2 Å². The van der Waals surface area contributed by atoms with E-state index in [9.17, 15) is 0 Å². The number of methoxy groups -OCH3 is 1. The fourth-order valence-electron chi connectivity index (χ4n) is 1.99. The molecular weight excluding hydrogens is 254 g/mol. The molecule has 1 aromatic carbocycles. The fraction of sp³-hybridized carbons (Fsp3) is 0.500. The summed E-state index contributed by atoms with van der Waals surface area (Å²) >= 11 is 3.44. The number of hydrogen-bond donors (Lipinski definition) is 0. The zero-order chi connectivity index (χ0) is 10.9. The van der Waals surface area contributed by atoms with Crippen molar-refractivity contribution in [3.63, 3.8) is 0 Å². The molecule has 3 heteroatoms. The van der Waals surface area contributed by atoms with E-state index in [0.29, 0.717) is 0 Å². The van der Waals surface area contributed by atoms with Gasteiger partial charge in [-0.1, -0.05) is 28.1 Å². The maximum atomic E-state index is 5.41. The second kappa shape index (κ2) is 4.24. The van der Waals surface area contributed by atoms with Crippen LogP contribution in [0.3, 0.4) is 0 Å². The minimum absolute atomic E-state index is 0.0787. The molecule has 1 saturated heterocycles. The van der Waals surface area contributed by atoms with Crippen molar-refractivity contribution in [2.24, 2.45) is 0 Å². The molecule has 0 unspecified atom stereocenters. The van der Waals surface area contributed by atoms with Gasteiger partial charge in [-0.05, 0) is 24.6 Å². The van der Waals surface area contributed by atoms with Gasteiger partial charge in [0.25, 0.3) is 0 Å². The van der Waals surface area contributed by atoms with Crippen LogP contribution < -0.4 is 0 Å². The van der Waals surface area contributed by atoms with Gasteiger partial charge in [-0.3, -0.25) is 4.90 Å². The number of ether oxygens (including phenoxy) is 1. The molecule has 1 aliphatic heterocycles. The topological polar surface area (TPSA) is 12.5 Å². The van der Waals surface area contributed by atoms with Gasteiger partial charge in [-0.15, -0.1) is 0 Å². The molecule has 82 valence electrons. The lowest BCUT2D eigenvalue weighted by Gasteiger charge is -2.47. The van der Waals surface area contributed by atoms with Gasteiger partial charge < -0.3 is 4.74 Å². The van der Waals surface area contributed by atoms with Crippen molar-refractivity contribution in [2.75, 3.05) is 20.2 Å². The van der Waals surface area contributed by atoms with E-state index in [-0.39, 0.29) is 5.60 Å². The SMILES string of the molecule is COC1(C)CN(Cc2ccc(Br)cc2)C1. The summed E-state index contributed by atoms with van der Waals surface area (Å²) < 4.78 is 6.55. The standard InChI is InChI=1S/C12H16BrNO/c1-12(15-2)8-14(9-12)7-10-3-5-11(13)6-4-10/h3-6H,7-9H2,1-2H3. The van der Waals surface area contributed by atoms with Crippen LogP contribution in [0.15, 0.2) is 28.7 Å². The van der Waals surface area contributed by atoms with Gasteiger partial charge in [-0.25, -0.2) is 0 Å². The van der Waals surface area contributed by atoms with Crippen LogP contribution in [0.25, 0.3) is 0 Å². The van der Waals surface area contributed by atoms with Gasteiger partial charge in [-0.2, -0.15) is 0 Å². The summed E-state index contributed by atoms with van der Waals surface area (Å²) in [6.45, 7) is 5.23. The normalized spacial score (nSPS) is 19.9. The van der Waals surface area contributed by atoms with Crippen LogP contribution in [-0.4, -0.2) is 30.7 Å². The van der Waals surface area contributed by atoms with Gasteiger partial charge in [0.15, 0.2) is 0 Å². The molecule has 15 heavy (non-hydrogen) atoms. The van der Waals surface area contributed by atoms with E-state index in [2.05, 4.69) is 52.0 Å². The van der Waals surface area contributed by atoms with Gasteiger partial charge >= 0.3 is 0 Å². The van der Waals surface area contributed by atoms with Crippen molar-refractivity contribution < 1.29 is 4.74 Å². The lowest BCUT2D eigenvalue weighted by atomic mass is 9.96. The summed E-state index contributed by atoms with van der Waals surface area (Å²) in [5, 5.41) is 0. The predicted molar refractivity (Wildman–Crippen MR) is 64.8 cm³/mol. The van der Waals surface area contributed by atoms with Crippen LogP contribution in [-0.2, 0) is 11.3 Å². The molecule has 0 aromatic heterocycles. The van der Waals surface area contributed by atoms with Crippen LogP contribution in [0.4, 0.5) is 0 Å². The quantitative estimate of drug-likeness (QED) is 0.837. The van der Waals surface area contributed by atoms with Crippen LogP contribution in [0.5, 0.6) is 0 Å². The Labute approximate surface area is 99.4 Å². The number of halogens is 1. The first kappa shape index (κ1) is 11.1. The zero-order valence-electron chi connectivity index (χ0n) is 9.16. The van der Waals surface area contributed by atoms with Crippen LogP contribution >= 0.6 is 15.9 Å². The third-order valence-corrected chi connectivity index (χ3v) is 3.46. The number of hydrogen-bond acceptors (Lipinski definition) is 2. The predicted octanol–water partition coefficient (Wildman–Crippen LogP) is 2.67. The van der Waals surface area contributed by atoms with Crippen molar-refractivity contribution in [1.82, 2.24) is 4.90 Å². The molecule has 0 N–H and O–H groups in total. The van der Waals surface area contributed by atoms with Crippen molar-refractivity contribution in [1.29, 1.82) is 0 Å². The zero-order valence-corrected chi connectivity index (χ0v) is 10.8. The third-order valence-electron chi connectivity index (χ3n) is 2.93. The number of benzene rings is 1. The monoisotopic (exact) mass is 269 g/mol. The first-order valence-electron chi connectivity index (χ1n) is 5.13. The van der Waals surface area contributed by atoms with Crippen molar-refractivity contribution in [2.45, 2.75) is 19.1 Å². The van der Waals surface area contributed by atoms with E-state index in [4.69, 9.17) is 4.74 Å². The molecule has 0 saturated carbocycles. The summed E-state index contributed by atoms with van der Waals surface area (Å²) in [5.41, 5.74) is 1.44. The highest BCUT2D eigenvalue weighted by Crippen LogP contribution is 2.25. The summed E-state index contributed by atoms with van der Waals surface area (Å²) in [5.74, 6) is 0.